The first-order valence-corrected chi connectivity index (χ1v) is 12.9. The van der Waals surface area contributed by atoms with E-state index in [1.54, 1.807) is 35.2 Å². The van der Waals surface area contributed by atoms with Crippen LogP contribution < -0.4 is 5.32 Å². The zero-order chi connectivity index (χ0) is 24.1. The fourth-order valence-electron chi connectivity index (χ4n) is 3.92. The highest BCUT2D eigenvalue weighted by atomic mass is 35.5. The van der Waals surface area contributed by atoms with Gasteiger partial charge in [-0.05, 0) is 40.6 Å². The molecule has 3 aromatic carbocycles. The molecule has 2 amide bonds. The number of piperazine rings is 1. The van der Waals surface area contributed by atoms with Crippen LogP contribution >= 0.6 is 11.6 Å². The largest absolute Gasteiger partial charge is 0.352 e. The molecule has 0 aliphatic carbocycles. The van der Waals surface area contributed by atoms with Crippen LogP contribution in [0.15, 0.2) is 71.6 Å². The molecular weight excluding hydrogens is 474 g/mol. The molecule has 1 saturated heterocycles. The van der Waals surface area contributed by atoms with Gasteiger partial charge in [0.15, 0.2) is 0 Å². The van der Waals surface area contributed by atoms with Gasteiger partial charge in [0.1, 0.15) is 0 Å². The van der Waals surface area contributed by atoms with Crippen molar-refractivity contribution >= 4 is 44.2 Å². The van der Waals surface area contributed by atoms with Crippen molar-refractivity contribution in [3.8, 4) is 0 Å². The summed E-state index contributed by atoms with van der Waals surface area (Å²) in [4.78, 5) is 26.5. The summed E-state index contributed by atoms with van der Waals surface area (Å²) in [5, 5.41) is 5.27. The lowest BCUT2D eigenvalue weighted by Crippen LogP contribution is -2.50. The molecule has 1 aliphatic heterocycles. The molecule has 0 atom stereocenters. The van der Waals surface area contributed by atoms with Crippen molar-refractivity contribution in [2.45, 2.75) is 24.3 Å². The fourth-order valence-corrected chi connectivity index (χ4v) is 5.51. The predicted octanol–water partition coefficient (Wildman–Crippen LogP) is 3.42. The quantitative estimate of drug-likeness (QED) is 0.539. The molecule has 0 bridgehead atoms. The Labute approximate surface area is 204 Å². The van der Waals surface area contributed by atoms with Gasteiger partial charge in [-0.15, -0.1) is 0 Å². The highest BCUT2D eigenvalue weighted by molar-refractivity contribution is 7.89. The van der Waals surface area contributed by atoms with Crippen molar-refractivity contribution in [3.05, 3.63) is 77.3 Å². The maximum atomic E-state index is 13.1. The van der Waals surface area contributed by atoms with Crippen molar-refractivity contribution in [2.75, 3.05) is 26.2 Å². The maximum Gasteiger partial charge on any atom is 0.243 e. The lowest BCUT2D eigenvalue weighted by molar-refractivity contribution is -0.134. The molecule has 3 aromatic rings. The molecule has 9 heteroatoms. The smallest absolute Gasteiger partial charge is 0.243 e. The Kier molecular flexibility index (Phi) is 7.50. The van der Waals surface area contributed by atoms with Gasteiger partial charge in [0.05, 0.1) is 4.90 Å². The van der Waals surface area contributed by atoms with Gasteiger partial charge in [0.2, 0.25) is 21.8 Å². The molecule has 0 unspecified atom stereocenters. The molecule has 0 radical (unpaired) electrons. The van der Waals surface area contributed by atoms with Crippen LogP contribution in [0.3, 0.4) is 0 Å². The van der Waals surface area contributed by atoms with Crippen LogP contribution in [0.2, 0.25) is 5.02 Å². The van der Waals surface area contributed by atoms with Gasteiger partial charge in [0, 0.05) is 50.6 Å². The first-order chi connectivity index (χ1) is 16.3. The number of fused-ring (bicyclic) bond motifs is 1. The third-order valence-electron chi connectivity index (χ3n) is 5.92. The third-order valence-corrected chi connectivity index (χ3v) is 8.07. The Morgan fingerprint density at radius 3 is 2.24 bits per heavy atom. The third kappa shape index (κ3) is 5.75. The van der Waals surface area contributed by atoms with E-state index in [4.69, 9.17) is 11.6 Å². The molecule has 1 heterocycles. The van der Waals surface area contributed by atoms with E-state index in [0.29, 0.717) is 24.7 Å². The number of rotatable bonds is 7. The number of sulfonamides is 1. The average Bonchev–Trinajstić information content (AvgIpc) is 2.86. The summed E-state index contributed by atoms with van der Waals surface area (Å²) in [6.45, 7) is 1.43. The number of amides is 2. The van der Waals surface area contributed by atoms with Crippen molar-refractivity contribution in [1.29, 1.82) is 0 Å². The number of hydrogen-bond acceptors (Lipinski definition) is 4. The molecule has 34 heavy (non-hydrogen) atoms. The summed E-state index contributed by atoms with van der Waals surface area (Å²) in [5.41, 5.74) is 0.924. The average molecular weight is 500 g/mol. The van der Waals surface area contributed by atoms with Crippen LogP contribution in [0.4, 0.5) is 0 Å². The molecule has 4 rings (SSSR count). The molecule has 1 aliphatic rings. The summed E-state index contributed by atoms with van der Waals surface area (Å²) in [7, 11) is -3.64. The van der Waals surface area contributed by atoms with Crippen LogP contribution in [0.5, 0.6) is 0 Å². The van der Waals surface area contributed by atoms with Gasteiger partial charge < -0.3 is 10.2 Å². The minimum atomic E-state index is -3.64. The van der Waals surface area contributed by atoms with Gasteiger partial charge in [-0.2, -0.15) is 4.31 Å². The zero-order valence-electron chi connectivity index (χ0n) is 18.6. The van der Waals surface area contributed by atoms with Gasteiger partial charge >= 0.3 is 0 Å². The Balaban J connectivity index is 1.25. The number of benzene rings is 3. The summed E-state index contributed by atoms with van der Waals surface area (Å²) >= 11 is 5.85. The van der Waals surface area contributed by atoms with Crippen LogP contribution in [0.1, 0.15) is 18.4 Å². The number of carbonyl (C=O) groups excluding carboxylic acids is 2. The van der Waals surface area contributed by atoms with Crippen molar-refractivity contribution in [3.63, 3.8) is 0 Å². The van der Waals surface area contributed by atoms with Crippen LogP contribution in [-0.2, 0) is 26.2 Å². The Morgan fingerprint density at radius 2 is 1.53 bits per heavy atom. The minimum absolute atomic E-state index is 0.0853. The molecule has 178 valence electrons. The van der Waals surface area contributed by atoms with Gasteiger partial charge in [0.25, 0.3) is 0 Å². The van der Waals surface area contributed by atoms with E-state index in [1.165, 1.54) is 4.31 Å². The first kappa shape index (κ1) is 24.2. The normalized spacial score (nSPS) is 14.8. The van der Waals surface area contributed by atoms with Crippen molar-refractivity contribution < 1.29 is 18.0 Å². The molecular formula is C25H26ClN3O4S. The van der Waals surface area contributed by atoms with Crippen LogP contribution in [0, 0.1) is 0 Å². The number of halogens is 1. The van der Waals surface area contributed by atoms with E-state index >= 15 is 0 Å². The van der Waals surface area contributed by atoms with E-state index in [-0.39, 0.29) is 42.6 Å². The molecule has 0 saturated carbocycles. The molecule has 0 spiro atoms. The molecule has 7 nitrogen and oxygen atoms in total. The molecule has 0 aromatic heterocycles. The van der Waals surface area contributed by atoms with Crippen molar-refractivity contribution in [1.82, 2.24) is 14.5 Å². The van der Waals surface area contributed by atoms with Crippen molar-refractivity contribution in [2.24, 2.45) is 0 Å². The summed E-state index contributed by atoms with van der Waals surface area (Å²) in [5.74, 6) is -0.356. The Hall–Kier alpha value is -2.94. The van der Waals surface area contributed by atoms with Gasteiger partial charge in [-0.1, -0.05) is 54.1 Å². The second-order valence-electron chi connectivity index (χ2n) is 8.20. The van der Waals surface area contributed by atoms with E-state index in [0.717, 1.165) is 16.3 Å². The van der Waals surface area contributed by atoms with E-state index in [1.807, 2.05) is 36.4 Å². The van der Waals surface area contributed by atoms with Gasteiger partial charge in [-0.3, -0.25) is 9.59 Å². The highest BCUT2D eigenvalue weighted by Crippen LogP contribution is 2.23. The number of nitrogens with zero attached hydrogens (tertiary/aromatic N) is 2. The maximum absolute atomic E-state index is 13.1. The molecule has 1 N–H and O–H groups in total. The minimum Gasteiger partial charge on any atom is -0.352 e. The fraction of sp³-hybridized carbons (Fsp3) is 0.280. The number of carbonyl (C=O) groups is 2. The SMILES string of the molecule is O=C(CCC(=O)N1CCN(S(=O)(=O)c2ccc3ccccc3c2)CC1)NCc1ccc(Cl)cc1. The lowest BCUT2D eigenvalue weighted by atomic mass is 10.1. The second kappa shape index (κ2) is 10.5. The first-order valence-electron chi connectivity index (χ1n) is 11.1. The highest BCUT2D eigenvalue weighted by Gasteiger charge is 2.30. The summed E-state index contributed by atoms with van der Waals surface area (Å²) in [6.07, 6.45) is 0.173. The molecule has 1 fully saturated rings. The summed E-state index contributed by atoms with van der Waals surface area (Å²) in [6, 6.07) is 19.9. The monoisotopic (exact) mass is 499 g/mol. The van der Waals surface area contributed by atoms with E-state index in [2.05, 4.69) is 5.32 Å². The van der Waals surface area contributed by atoms with Gasteiger partial charge in [-0.25, -0.2) is 8.42 Å². The Morgan fingerprint density at radius 1 is 0.853 bits per heavy atom. The number of nitrogens with one attached hydrogen (secondary N) is 1. The van der Waals surface area contributed by atoms with E-state index < -0.39 is 10.0 Å². The topological polar surface area (TPSA) is 86.8 Å². The number of hydrogen-bond donors (Lipinski definition) is 1. The van der Waals surface area contributed by atoms with Crippen LogP contribution in [0.25, 0.3) is 10.8 Å². The summed E-state index contributed by atoms with van der Waals surface area (Å²) < 4.78 is 27.6. The predicted molar refractivity (Wildman–Crippen MR) is 132 cm³/mol. The second-order valence-corrected chi connectivity index (χ2v) is 10.6. The standard InChI is InChI=1S/C25H26ClN3O4S/c26-22-8-5-19(6-9-22)18-27-24(30)11-12-25(31)28-13-15-29(16-14-28)34(32,33)23-10-7-20-3-1-2-4-21(20)17-23/h1-10,17H,11-16,18H2,(H,27,30). The zero-order valence-corrected chi connectivity index (χ0v) is 20.2. The Bertz CT molecular complexity index is 1290. The lowest BCUT2D eigenvalue weighted by Gasteiger charge is -2.34. The van der Waals surface area contributed by atoms with E-state index in [9.17, 15) is 18.0 Å². The van der Waals surface area contributed by atoms with Crippen LogP contribution in [-0.4, -0.2) is 55.6 Å².